The van der Waals surface area contributed by atoms with E-state index in [-0.39, 0.29) is 16.0 Å². The minimum Gasteiger partial charge on any atom is -0.318 e. The smallest absolute Gasteiger partial charge is 0.221 e. The number of amides is 1. The average Bonchev–Trinajstić information content (AvgIpc) is 3.55. The Bertz CT molecular complexity index is 1880. The summed E-state index contributed by atoms with van der Waals surface area (Å²) in [6.07, 6.45) is 1.85. The third-order valence-corrected chi connectivity index (χ3v) is 8.98. The van der Waals surface area contributed by atoms with Crippen LogP contribution in [-0.4, -0.2) is 26.5 Å². The maximum Gasteiger partial charge on any atom is 0.221 e. The highest BCUT2D eigenvalue weighted by molar-refractivity contribution is 8.04. The first kappa shape index (κ1) is 27.7. The number of carbonyl (C=O) groups is 1. The molecule has 0 radical (unpaired) electrons. The molecule has 1 aliphatic heterocycles. The van der Waals surface area contributed by atoms with Crippen molar-refractivity contribution in [2.75, 3.05) is 5.32 Å². The van der Waals surface area contributed by atoms with Crippen LogP contribution in [0.2, 0.25) is 15.1 Å². The van der Waals surface area contributed by atoms with Crippen LogP contribution >= 0.6 is 57.9 Å². The van der Waals surface area contributed by atoms with Gasteiger partial charge in [0.15, 0.2) is 5.82 Å². The molecule has 0 saturated heterocycles. The summed E-state index contributed by atoms with van der Waals surface area (Å²) in [5.41, 5.74) is 3.27. The van der Waals surface area contributed by atoms with E-state index in [1.165, 1.54) is 42.2 Å². The number of allylic oxidation sites excluding steroid dienone is 1. The van der Waals surface area contributed by atoms with Gasteiger partial charge in [-0.05, 0) is 53.2 Å². The summed E-state index contributed by atoms with van der Waals surface area (Å²) < 4.78 is 16.3. The molecule has 0 aliphatic carbocycles. The summed E-state index contributed by atoms with van der Waals surface area (Å²) in [5.74, 6) is -0.367. The molecule has 204 valence electrons. The highest BCUT2D eigenvalue weighted by Crippen LogP contribution is 2.44. The SMILES string of the molecule is CC(=O)Nc1cc(-c2ccccc2)c(-c2nnc3n2N=C(c2cc(F)c(Cl)cc2Cl)/C(=C/c2ccccc2Cl)S3)s1. The molecule has 12 heteroatoms. The van der Waals surface area contributed by atoms with Crippen molar-refractivity contribution in [3.8, 4) is 21.8 Å². The number of fused-ring (bicyclic) bond motifs is 1. The summed E-state index contributed by atoms with van der Waals surface area (Å²) in [6.45, 7) is 1.45. The van der Waals surface area contributed by atoms with E-state index >= 15 is 0 Å². The van der Waals surface area contributed by atoms with Crippen LogP contribution in [0.15, 0.2) is 88.0 Å². The molecule has 1 amide bonds. The number of nitrogens with zero attached hydrogens (tertiary/aromatic N) is 4. The van der Waals surface area contributed by atoms with E-state index in [0.717, 1.165) is 21.6 Å². The topological polar surface area (TPSA) is 72.2 Å². The zero-order chi connectivity index (χ0) is 28.7. The molecule has 1 aliphatic rings. The second-order valence-corrected chi connectivity index (χ2v) is 12.1. The summed E-state index contributed by atoms with van der Waals surface area (Å²) in [4.78, 5) is 13.2. The zero-order valence-electron chi connectivity index (χ0n) is 21.0. The molecule has 41 heavy (non-hydrogen) atoms. The third kappa shape index (κ3) is 5.56. The molecule has 3 heterocycles. The summed E-state index contributed by atoms with van der Waals surface area (Å²) in [5, 5.41) is 18.5. The number of carbonyl (C=O) groups excluding carboxylic acids is 1. The third-order valence-electron chi connectivity index (χ3n) is 6.02. The number of halogens is 4. The molecule has 0 bridgehead atoms. The number of hydrogen-bond donors (Lipinski definition) is 1. The Kier molecular flexibility index (Phi) is 7.72. The molecule has 0 atom stereocenters. The van der Waals surface area contributed by atoms with Crippen molar-refractivity contribution in [1.82, 2.24) is 14.9 Å². The number of thioether (sulfide) groups is 1. The van der Waals surface area contributed by atoms with Gasteiger partial charge in [-0.25, -0.2) is 4.39 Å². The monoisotopic (exact) mass is 639 g/mol. The van der Waals surface area contributed by atoms with Crippen molar-refractivity contribution in [1.29, 1.82) is 0 Å². The number of rotatable bonds is 5. The van der Waals surface area contributed by atoms with E-state index in [1.54, 1.807) is 10.7 Å². The molecule has 5 aromatic rings. The largest absolute Gasteiger partial charge is 0.318 e. The summed E-state index contributed by atoms with van der Waals surface area (Å²) >= 11 is 21.7. The van der Waals surface area contributed by atoms with Crippen LogP contribution in [0.3, 0.4) is 0 Å². The highest BCUT2D eigenvalue weighted by atomic mass is 35.5. The fraction of sp³-hybridized carbons (Fsp3) is 0.0345. The standard InChI is InChI=1S/C29H17Cl3FN5OS2/c1-15(39)34-25-13-18(16-7-3-2-4-8-16)27(41-25)28-35-36-29-38(28)37-26(19-12-23(33)22(32)14-21(19)31)24(40-29)11-17-9-5-6-10-20(17)30/h2-14H,1H3,(H,34,39)/b24-11-. The molecular weight excluding hydrogens is 624 g/mol. The lowest BCUT2D eigenvalue weighted by molar-refractivity contribution is -0.114. The van der Waals surface area contributed by atoms with Crippen LogP contribution in [0.1, 0.15) is 18.1 Å². The minimum absolute atomic E-state index is 0.0956. The predicted molar refractivity (Wildman–Crippen MR) is 167 cm³/mol. The Morgan fingerprint density at radius 2 is 1.68 bits per heavy atom. The van der Waals surface area contributed by atoms with Crippen LogP contribution < -0.4 is 5.32 Å². The molecule has 2 aromatic heterocycles. The number of anilines is 1. The van der Waals surface area contributed by atoms with Gasteiger partial charge in [0.05, 0.1) is 19.9 Å². The highest BCUT2D eigenvalue weighted by Gasteiger charge is 2.29. The average molecular weight is 641 g/mol. The van der Waals surface area contributed by atoms with Crippen molar-refractivity contribution in [3.63, 3.8) is 0 Å². The van der Waals surface area contributed by atoms with Crippen LogP contribution in [0.5, 0.6) is 0 Å². The van der Waals surface area contributed by atoms with Crippen molar-refractivity contribution in [2.24, 2.45) is 5.10 Å². The lowest BCUT2D eigenvalue weighted by Crippen LogP contribution is -2.13. The number of aromatic nitrogens is 3. The van der Waals surface area contributed by atoms with Crippen LogP contribution in [0.4, 0.5) is 9.39 Å². The predicted octanol–water partition coefficient (Wildman–Crippen LogP) is 9.13. The Hall–Kier alpha value is -3.47. The normalized spacial score (nSPS) is 13.7. The Morgan fingerprint density at radius 3 is 2.44 bits per heavy atom. The quantitative estimate of drug-likeness (QED) is 0.195. The van der Waals surface area contributed by atoms with E-state index in [4.69, 9.17) is 39.9 Å². The Labute approximate surface area is 257 Å². The summed E-state index contributed by atoms with van der Waals surface area (Å²) in [7, 11) is 0. The molecule has 3 aromatic carbocycles. The maximum absolute atomic E-state index is 14.7. The van der Waals surface area contributed by atoms with Gasteiger partial charge >= 0.3 is 0 Å². The molecule has 1 N–H and O–H groups in total. The Morgan fingerprint density at radius 1 is 0.927 bits per heavy atom. The fourth-order valence-corrected chi connectivity index (χ4v) is 6.89. The number of nitrogens with one attached hydrogen (secondary N) is 1. The number of thiophene rings is 1. The lowest BCUT2D eigenvalue weighted by atomic mass is 10.1. The van der Waals surface area contributed by atoms with Crippen LogP contribution in [0.25, 0.3) is 27.9 Å². The molecule has 0 unspecified atom stereocenters. The molecule has 0 spiro atoms. The van der Waals surface area contributed by atoms with Crippen LogP contribution in [-0.2, 0) is 4.79 Å². The van der Waals surface area contributed by atoms with Gasteiger partial charge in [0.1, 0.15) is 11.5 Å². The van der Waals surface area contributed by atoms with Gasteiger partial charge in [-0.1, -0.05) is 83.3 Å². The van der Waals surface area contributed by atoms with E-state index < -0.39 is 5.82 Å². The van der Waals surface area contributed by atoms with E-state index in [1.807, 2.05) is 60.7 Å². The van der Waals surface area contributed by atoms with Crippen molar-refractivity contribution in [2.45, 2.75) is 12.1 Å². The molecular formula is C29H17Cl3FN5OS2. The number of benzene rings is 3. The van der Waals surface area contributed by atoms with Gasteiger partial charge in [-0.2, -0.15) is 9.78 Å². The molecule has 6 rings (SSSR count). The first-order chi connectivity index (χ1) is 19.8. The van der Waals surface area contributed by atoms with E-state index in [0.29, 0.717) is 37.2 Å². The maximum atomic E-state index is 14.7. The van der Waals surface area contributed by atoms with Crippen molar-refractivity contribution in [3.05, 3.63) is 110 Å². The minimum atomic E-state index is -0.629. The van der Waals surface area contributed by atoms with Crippen molar-refractivity contribution < 1.29 is 9.18 Å². The van der Waals surface area contributed by atoms with Gasteiger partial charge < -0.3 is 5.32 Å². The first-order valence-electron chi connectivity index (χ1n) is 12.1. The molecule has 6 nitrogen and oxygen atoms in total. The first-order valence-corrected chi connectivity index (χ1v) is 14.9. The van der Waals surface area contributed by atoms with Gasteiger partial charge in [-0.15, -0.1) is 21.5 Å². The van der Waals surface area contributed by atoms with E-state index in [2.05, 4.69) is 15.5 Å². The van der Waals surface area contributed by atoms with Crippen molar-refractivity contribution >= 4 is 80.6 Å². The summed E-state index contributed by atoms with van der Waals surface area (Å²) in [6, 6.07) is 21.6. The van der Waals surface area contributed by atoms with Gasteiger partial charge in [0, 0.05) is 28.0 Å². The second-order valence-electron chi connectivity index (χ2n) is 8.85. The lowest BCUT2D eigenvalue weighted by Gasteiger charge is -2.18. The Balaban J connectivity index is 1.56. The molecule has 0 saturated carbocycles. The zero-order valence-corrected chi connectivity index (χ0v) is 24.9. The molecule has 0 fully saturated rings. The van der Waals surface area contributed by atoms with Crippen LogP contribution in [0, 0.1) is 5.82 Å². The van der Waals surface area contributed by atoms with Gasteiger partial charge in [-0.3, -0.25) is 4.79 Å². The van der Waals surface area contributed by atoms with E-state index in [9.17, 15) is 9.18 Å². The second kappa shape index (κ2) is 11.4. The van der Waals surface area contributed by atoms with Gasteiger partial charge in [0.2, 0.25) is 11.1 Å². The van der Waals surface area contributed by atoms with Gasteiger partial charge in [0.25, 0.3) is 0 Å². The number of hydrogen-bond acceptors (Lipinski definition) is 6. The fourth-order valence-electron chi connectivity index (χ4n) is 4.20.